The number of pyridine rings is 1. The van der Waals surface area contributed by atoms with Crippen molar-refractivity contribution in [3.8, 4) is 0 Å². The van der Waals surface area contributed by atoms with Crippen LogP contribution in [0.3, 0.4) is 0 Å². The maximum Gasteiger partial charge on any atom is 0.260 e. The predicted octanol–water partition coefficient (Wildman–Crippen LogP) is 4.36. The topological polar surface area (TPSA) is 30.2 Å². The van der Waals surface area contributed by atoms with Gasteiger partial charge in [-0.25, -0.2) is 0 Å². The molecule has 1 fully saturated rings. The van der Waals surface area contributed by atoms with Crippen LogP contribution >= 0.6 is 27.5 Å². The molecule has 1 saturated heterocycles. The average Bonchev–Trinajstić information content (AvgIpc) is 3.28. The summed E-state index contributed by atoms with van der Waals surface area (Å²) in [6.45, 7) is 4.72. The first kappa shape index (κ1) is 17.8. The molecule has 0 bridgehead atoms. The number of halogens is 2. The number of aromatic nitrogens is 2. The van der Waals surface area contributed by atoms with Gasteiger partial charge in [0.05, 0.1) is 15.9 Å². The second-order valence-corrected chi connectivity index (χ2v) is 8.12. The fourth-order valence-corrected chi connectivity index (χ4v) is 4.18. The summed E-state index contributed by atoms with van der Waals surface area (Å²) in [6, 6.07) is 9.89. The van der Waals surface area contributed by atoms with Crippen LogP contribution in [0.5, 0.6) is 0 Å². The van der Waals surface area contributed by atoms with Gasteiger partial charge in [0.2, 0.25) is 0 Å². The van der Waals surface area contributed by atoms with Crippen molar-refractivity contribution in [1.82, 2.24) is 14.0 Å². The van der Waals surface area contributed by atoms with E-state index in [1.54, 1.807) is 0 Å². The molecule has 0 spiro atoms. The fourth-order valence-electron chi connectivity index (χ4n) is 3.64. The van der Waals surface area contributed by atoms with Gasteiger partial charge in [-0.05, 0) is 71.7 Å². The van der Waals surface area contributed by atoms with Crippen LogP contribution in [-0.2, 0) is 13.1 Å². The van der Waals surface area contributed by atoms with Crippen LogP contribution in [0.25, 0.3) is 10.9 Å². The zero-order valence-corrected chi connectivity index (χ0v) is 16.8. The molecule has 6 heteroatoms. The highest BCUT2D eigenvalue weighted by atomic mass is 79.9. The summed E-state index contributed by atoms with van der Waals surface area (Å²) in [4.78, 5) is 15.2. The molecule has 0 amide bonds. The van der Waals surface area contributed by atoms with Gasteiger partial charge in [0, 0.05) is 36.5 Å². The number of fused-ring (bicyclic) bond motifs is 1. The van der Waals surface area contributed by atoms with E-state index in [0.29, 0.717) is 11.6 Å². The lowest BCUT2D eigenvalue weighted by Gasteiger charge is -2.15. The van der Waals surface area contributed by atoms with Crippen molar-refractivity contribution in [3.05, 3.63) is 68.1 Å². The molecule has 1 aliphatic rings. The number of hydrogen-bond donors (Lipinski definition) is 0. The SMILES string of the molecule is O=c1c2ccn(Cc3ccc(Cl)c(Br)c3)c2ccn1CCN1CCCC1. The predicted molar refractivity (Wildman–Crippen MR) is 110 cm³/mol. The summed E-state index contributed by atoms with van der Waals surface area (Å²) in [5.74, 6) is 0. The molecule has 0 saturated carbocycles. The van der Waals surface area contributed by atoms with Crippen molar-refractivity contribution in [2.75, 3.05) is 19.6 Å². The van der Waals surface area contributed by atoms with E-state index in [-0.39, 0.29) is 5.56 Å². The molecule has 136 valence electrons. The minimum absolute atomic E-state index is 0.0951. The van der Waals surface area contributed by atoms with E-state index in [4.69, 9.17) is 11.6 Å². The van der Waals surface area contributed by atoms with Crippen LogP contribution in [0.15, 0.2) is 52.0 Å². The highest BCUT2D eigenvalue weighted by Crippen LogP contribution is 2.24. The van der Waals surface area contributed by atoms with Crippen molar-refractivity contribution >= 4 is 38.4 Å². The lowest BCUT2D eigenvalue weighted by molar-refractivity contribution is 0.321. The summed E-state index contributed by atoms with van der Waals surface area (Å²) in [5, 5.41) is 1.48. The largest absolute Gasteiger partial charge is 0.343 e. The summed E-state index contributed by atoms with van der Waals surface area (Å²) in [6.07, 6.45) is 6.46. The Morgan fingerprint density at radius 2 is 1.77 bits per heavy atom. The van der Waals surface area contributed by atoms with Crippen LogP contribution < -0.4 is 5.56 Å². The molecule has 3 aromatic rings. The second-order valence-electron chi connectivity index (χ2n) is 6.85. The fraction of sp³-hybridized carbons (Fsp3) is 0.350. The molecule has 0 atom stereocenters. The molecule has 1 aromatic carbocycles. The van der Waals surface area contributed by atoms with Gasteiger partial charge >= 0.3 is 0 Å². The molecular weight excluding hydrogens is 414 g/mol. The Kier molecular flexibility index (Phi) is 5.20. The molecular formula is C20H21BrClN3O. The van der Waals surface area contributed by atoms with E-state index in [1.165, 1.54) is 12.8 Å². The average molecular weight is 435 g/mol. The van der Waals surface area contributed by atoms with Gasteiger partial charge in [-0.3, -0.25) is 4.79 Å². The molecule has 4 rings (SSSR count). The summed E-state index contributed by atoms with van der Waals surface area (Å²) in [5.41, 5.74) is 2.20. The van der Waals surface area contributed by atoms with Gasteiger partial charge in [-0.2, -0.15) is 0 Å². The second kappa shape index (κ2) is 7.59. The van der Waals surface area contributed by atoms with Crippen molar-refractivity contribution in [2.45, 2.75) is 25.9 Å². The van der Waals surface area contributed by atoms with E-state index in [1.807, 2.05) is 47.3 Å². The van der Waals surface area contributed by atoms with E-state index in [9.17, 15) is 4.79 Å². The monoisotopic (exact) mass is 433 g/mol. The third-order valence-corrected chi connectivity index (χ3v) is 6.32. The van der Waals surface area contributed by atoms with E-state index < -0.39 is 0 Å². The molecule has 4 nitrogen and oxygen atoms in total. The number of hydrogen-bond acceptors (Lipinski definition) is 2. The minimum Gasteiger partial charge on any atom is -0.343 e. The molecule has 1 aliphatic heterocycles. The lowest BCUT2D eigenvalue weighted by Crippen LogP contribution is -2.28. The Morgan fingerprint density at radius 1 is 1.00 bits per heavy atom. The summed E-state index contributed by atoms with van der Waals surface area (Å²) >= 11 is 9.54. The maximum absolute atomic E-state index is 12.8. The zero-order valence-electron chi connectivity index (χ0n) is 14.5. The Labute approximate surface area is 166 Å². The Balaban J connectivity index is 1.57. The third-order valence-electron chi connectivity index (χ3n) is 5.10. The number of nitrogens with zero attached hydrogens (tertiary/aromatic N) is 3. The first-order valence-electron chi connectivity index (χ1n) is 8.96. The van der Waals surface area contributed by atoms with Crippen molar-refractivity contribution < 1.29 is 0 Å². The van der Waals surface area contributed by atoms with Crippen LogP contribution in [0, 0.1) is 0 Å². The molecule has 0 aliphatic carbocycles. The van der Waals surface area contributed by atoms with Gasteiger partial charge < -0.3 is 14.0 Å². The summed E-state index contributed by atoms with van der Waals surface area (Å²) < 4.78 is 4.83. The van der Waals surface area contributed by atoms with Crippen molar-refractivity contribution in [2.24, 2.45) is 0 Å². The smallest absolute Gasteiger partial charge is 0.260 e. The van der Waals surface area contributed by atoms with Gasteiger partial charge in [0.25, 0.3) is 5.56 Å². The van der Waals surface area contributed by atoms with E-state index in [2.05, 4.69) is 25.4 Å². The van der Waals surface area contributed by atoms with Crippen molar-refractivity contribution in [1.29, 1.82) is 0 Å². The van der Waals surface area contributed by atoms with Gasteiger partial charge in [0.15, 0.2) is 0 Å². The molecule has 3 heterocycles. The normalized spacial score (nSPS) is 15.2. The number of benzene rings is 1. The van der Waals surface area contributed by atoms with E-state index >= 15 is 0 Å². The highest BCUT2D eigenvalue weighted by molar-refractivity contribution is 9.10. The number of rotatable bonds is 5. The van der Waals surface area contributed by atoms with Crippen molar-refractivity contribution in [3.63, 3.8) is 0 Å². The first-order valence-corrected chi connectivity index (χ1v) is 10.1. The van der Waals surface area contributed by atoms with Gasteiger partial charge in [0.1, 0.15) is 0 Å². The third kappa shape index (κ3) is 3.61. The van der Waals surface area contributed by atoms with Crippen LogP contribution in [-0.4, -0.2) is 33.7 Å². The molecule has 0 radical (unpaired) electrons. The quantitative estimate of drug-likeness (QED) is 0.597. The number of likely N-dealkylation sites (tertiary alicyclic amines) is 1. The Hall–Kier alpha value is -1.56. The van der Waals surface area contributed by atoms with E-state index in [0.717, 1.165) is 47.1 Å². The molecule has 2 aromatic heterocycles. The molecule has 0 unspecified atom stereocenters. The van der Waals surface area contributed by atoms with Crippen LogP contribution in [0.2, 0.25) is 5.02 Å². The Bertz CT molecular complexity index is 988. The standard InChI is InChI=1S/C20H21BrClN3O/c21-17-13-15(3-4-18(17)22)14-25-9-5-16-19(25)6-10-24(20(16)26)12-11-23-7-1-2-8-23/h3-6,9-10,13H,1-2,7-8,11-12,14H2. The van der Waals surface area contributed by atoms with Crippen LogP contribution in [0.4, 0.5) is 0 Å². The first-order chi connectivity index (χ1) is 12.6. The van der Waals surface area contributed by atoms with Crippen LogP contribution in [0.1, 0.15) is 18.4 Å². The molecule has 0 N–H and O–H groups in total. The van der Waals surface area contributed by atoms with Gasteiger partial charge in [-0.15, -0.1) is 0 Å². The minimum atomic E-state index is 0.0951. The lowest BCUT2D eigenvalue weighted by atomic mass is 10.2. The Morgan fingerprint density at radius 3 is 2.54 bits per heavy atom. The zero-order chi connectivity index (χ0) is 18.1. The maximum atomic E-state index is 12.8. The molecule has 26 heavy (non-hydrogen) atoms. The summed E-state index contributed by atoms with van der Waals surface area (Å²) in [7, 11) is 0. The van der Waals surface area contributed by atoms with Gasteiger partial charge in [-0.1, -0.05) is 17.7 Å². The highest BCUT2D eigenvalue weighted by Gasteiger charge is 2.12.